The predicted molar refractivity (Wildman–Crippen MR) is 86.3 cm³/mol. The van der Waals surface area contributed by atoms with Crippen molar-refractivity contribution in [3.05, 3.63) is 53.6 Å². The maximum atomic E-state index is 6.08. The van der Waals surface area contributed by atoms with Crippen molar-refractivity contribution >= 4 is 0 Å². The SMILES string of the molecule is COc1cc(OCc2ccccc2)c([C@@H](N)CN)cc1OC. The quantitative estimate of drug-likeness (QED) is 0.820. The van der Waals surface area contributed by atoms with Crippen LogP contribution < -0.4 is 25.7 Å². The first kappa shape index (κ1) is 16.1. The Labute approximate surface area is 130 Å². The second-order valence-electron chi connectivity index (χ2n) is 4.86. The summed E-state index contributed by atoms with van der Waals surface area (Å²) in [5, 5.41) is 0. The molecule has 2 rings (SSSR count). The van der Waals surface area contributed by atoms with E-state index in [0.717, 1.165) is 11.1 Å². The molecule has 4 N–H and O–H groups in total. The van der Waals surface area contributed by atoms with E-state index < -0.39 is 0 Å². The maximum absolute atomic E-state index is 6.08. The molecular formula is C17H22N2O3. The Morgan fingerprint density at radius 3 is 2.18 bits per heavy atom. The molecule has 0 aliphatic rings. The Kier molecular flexibility index (Phi) is 5.63. The molecular weight excluding hydrogens is 280 g/mol. The standard InChI is InChI=1S/C17H22N2O3/c1-20-16-8-13(14(19)10-18)15(9-17(16)21-2)22-11-12-6-4-3-5-7-12/h3-9,14H,10-11,18-19H2,1-2H3/t14-/m0/s1. The summed E-state index contributed by atoms with van der Waals surface area (Å²) in [6.07, 6.45) is 0. The highest BCUT2D eigenvalue weighted by molar-refractivity contribution is 5.52. The summed E-state index contributed by atoms with van der Waals surface area (Å²) < 4.78 is 16.5. The van der Waals surface area contributed by atoms with Crippen molar-refractivity contribution in [1.82, 2.24) is 0 Å². The Morgan fingerprint density at radius 1 is 0.955 bits per heavy atom. The van der Waals surface area contributed by atoms with Crippen molar-refractivity contribution in [2.24, 2.45) is 11.5 Å². The number of benzene rings is 2. The second-order valence-corrected chi connectivity index (χ2v) is 4.86. The van der Waals surface area contributed by atoms with Crippen LogP contribution in [0.3, 0.4) is 0 Å². The first-order valence-electron chi connectivity index (χ1n) is 7.07. The highest BCUT2D eigenvalue weighted by atomic mass is 16.5. The lowest BCUT2D eigenvalue weighted by Crippen LogP contribution is -2.21. The number of hydrogen-bond acceptors (Lipinski definition) is 5. The van der Waals surface area contributed by atoms with Crippen LogP contribution in [0.4, 0.5) is 0 Å². The lowest BCUT2D eigenvalue weighted by atomic mass is 10.1. The van der Waals surface area contributed by atoms with E-state index in [2.05, 4.69) is 0 Å². The fourth-order valence-corrected chi connectivity index (χ4v) is 2.15. The van der Waals surface area contributed by atoms with Gasteiger partial charge in [0, 0.05) is 24.2 Å². The number of rotatable bonds is 7. The van der Waals surface area contributed by atoms with Gasteiger partial charge in [-0.05, 0) is 11.6 Å². The molecule has 0 bridgehead atoms. The van der Waals surface area contributed by atoms with E-state index in [1.54, 1.807) is 20.3 Å². The largest absolute Gasteiger partial charge is 0.493 e. The second kappa shape index (κ2) is 7.68. The van der Waals surface area contributed by atoms with Crippen LogP contribution in [0.15, 0.2) is 42.5 Å². The summed E-state index contributed by atoms with van der Waals surface area (Å²) in [5.41, 5.74) is 13.6. The molecule has 0 spiro atoms. The van der Waals surface area contributed by atoms with Gasteiger partial charge in [0.1, 0.15) is 12.4 Å². The van der Waals surface area contributed by atoms with E-state index in [1.165, 1.54) is 0 Å². The zero-order chi connectivity index (χ0) is 15.9. The number of ether oxygens (including phenoxy) is 3. The van der Waals surface area contributed by atoms with Crippen LogP contribution in [-0.4, -0.2) is 20.8 Å². The lowest BCUT2D eigenvalue weighted by Gasteiger charge is -2.19. The summed E-state index contributed by atoms with van der Waals surface area (Å²) in [7, 11) is 3.17. The van der Waals surface area contributed by atoms with Crippen molar-refractivity contribution in [2.45, 2.75) is 12.6 Å². The number of nitrogens with two attached hydrogens (primary N) is 2. The van der Waals surface area contributed by atoms with Gasteiger partial charge in [0.25, 0.3) is 0 Å². The molecule has 5 nitrogen and oxygen atoms in total. The Morgan fingerprint density at radius 2 is 1.59 bits per heavy atom. The van der Waals surface area contributed by atoms with E-state index in [-0.39, 0.29) is 6.04 Å². The van der Waals surface area contributed by atoms with Gasteiger partial charge in [0.15, 0.2) is 11.5 Å². The molecule has 0 unspecified atom stereocenters. The molecule has 5 heteroatoms. The number of methoxy groups -OCH3 is 2. The molecule has 0 fully saturated rings. The fourth-order valence-electron chi connectivity index (χ4n) is 2.15. The lowest BCUT2D eigenvalue weighted by molar-refractivity contribution is 0.295. The molecule has 0 amide bonds. The molecule has 2 aromatic carbocycles. The fraction of sp³-hybridized carbons (Fsp3) is 0.294. The third kappa shape index (κ3) is 3.69. The molecule has 118 valence electrons. The van der Waals surface area contributed by atoms with Gasteiger partial charge in [-0.25, -0.2) is 0 Å². The van der Waals surface area contributed by atoms with Gasteiger partial charge in [0.2, 0.25) is 0 Å². The minimum Gasteiger partial charge on any atom is -0.493 e. The van der Waals surface area contributed by atoms with Gasteiger partial charge in [-0.3, -0.25) is 0 Å². The Hall–Kier alpha value is -2.24. The molecule has 0 aliphatic heterocycles. The molecule has 22 heavy (non-hydrogen) atoms. The van der Waals surface area contributed by atoms with Gasteiger partial charge in [-0.1, -0.05) is 30.3 Å². The molecule has 0 heterocycles. The minimum atomic E-state index is -0.328. The zero-order valence-electron chi connectivity index (χ0n) is 12.9. The smallest absolute Gasteiger partial charge is 0.164 e. The molecule has 0 saturated carbocycles. The third-order valence-corrected chi connectivity index (χ3v) is 3.41. The average Bonchev–Trinajstić information content (AvgIpc) is 2.59. The molecule has 2 aromatic rings. The summed E-state index contributed by atoms with van der Waals surface area (Å²) in [6.45, 7) is 0.762. The van der Waals surface area contributed by atoms with E-state index >= 15 is 0 Å². The summed E-state index contributed by atoms with van der Waals surface area (Å²) in [6, 6.07) is 13.2. The molecule has 0 aromatic heterocycles. The zero-order valence-corrected chi connectivity index (χ0v) is 12.9. The predicted octanol–water partition coefficient (Wildman–Crippen LogP) is 2.24. The van der Waals surface area contributed by atoms with E-state index in [4.69, 9.17) is 25.7 Å². The summed E-state index contributed by atoms with van der Waals surface area (Å²) in [4.78, 5) is 0. The van der Waals surface area contributed by atoms with Crippen LogP contribution >= 0.6 is 0 Å². The summed E-state index contributed by atoms with van der Waals surface area (Å²) in [5.74, 6) is 1.85. The summed E-state index contributed by atoms with van der Waals surface area (Å²) >= 11 is 0. The first-order valence-corrected chi connectivity index (χ1v) is 7.07. The molecule has 0 saturated heterocycles. The van der Waals surface area contributed by atoms with Gasteiger partial charge in [-0.2, -0.15) is 0 Å². The Balaban J connectivity index is 2.30. The van der Waals surface area contributed by atoms with Gasteiger partial charge < -0.3 is 25.7 Å². The van der Waals surface area contributed by atoms with Crippen LogP contribution in [0.2, 0.25) is 0 Å². The van der Waals surface area contributed by atoms with Gasteiger partial charge in [-0.15, -0.1) is 0 Å². The molecule has 0 radical (unpaired) electrons. The van der Waals surface area contributed by atoms with E-state index in [1.807, 2.05) is 36.4 Å². The highest BCUT2D eigenvalue weighted by Crippen LogP contribution is 2.37. The van der Waals surface area contributed by atoms with Crippen molar-refractivity contribution in [3.63, 3.8) is 0 Å². The average molecular weight is 302 g/mol. The molecule has 1 atom stereocenters. The third-order valence-electron chi connectivity index (χ3n) is 3.41. The van der Waals surface area contributed by atoms with E-state index in [0.29, 0.717) is 30.4 Å². The minimum absolute atomic E-state index is 0.317. The van der Waals surface area contributed by atoms with Crippen molar-refractivity contribution < 1.29 is 14.2 Å². The van der Waals surface area contributed by atoms with Gasteiger partial charge >= 0.3 is 0 Å². The van der Waals surface area contributed by atoms with Crippen LogP contribution in [0.1, 0.15) is 17.2 Å². The number of hydrogen-bond donors (Lipinski definition) is 2. The van der Waals surface area contributed by atoms with Crippen LogP contribution in [0, 0.1) is 0 Å². The Bertz CT molecular complexity index is 602. The topological polar surface area (TPSA) is 79.7 Å². The highest BCUT2D eigenvalue weighted by Gasteiger charge is 2.17. The monoisotopic (exact) mass is 302 g/mol. The van der Waals surface area contributed by atoms with Crippen LogP contribution in [-0.2, 0) is 6.61 Å². The van der Waals surface area contributed by atoms with Crippen LogP contribution in [0.25, 0.3) is 0 Å². The molecule has 0 aliphatic carbocycles. The van der Waals surface area contributed by atoms with E-state index in [9.17, 15) is 0 Å². The maximum Gasteiger partial charge on any atom is 0.164 e. The van der Waals surface area contributed by atoms with Crippen molar-refractivity contribution in [3.8, 4) is 17.2 Å². The van der Waals surface area contributed by atoms with Crippen molar-refractivity contribution in [2.75, 3.05) is 20.8 Å². The normalized spacial score (nSPS) is 11.8. The van der Waals surface area contributed by atoms with Crippen molar-refractivity contribution in [1.29, 1.82) is 0 Å². The van der Waals surface area contributed by atoms with Crippen LogP contribution in [0.5, 0.6) is 17.2 Å². The van der Waals surface area contributed by atoms with Gasteiger partial charge in [0.05, 0.1) is 14.2 Å². The first-order chi connectivity index (χ1) is 10.7.